The minimum Gasteiger partial charge on any atom is -0.466 e. The number of ether oxygens (including phenoxy) is 3. The largest absolute Gasteiger partial charge is 0.466 e. The van der Waals surface area contributed by atoms with Crippen molar-refractivity contribution in [3.63, 3.8) is 0 Å². The number of nitrogens with one attached hydrogen (secondary N) is 1. The number of methoxy groups -OCH3 is 2. The summed E-state index contributed by atoms with van der Waals surface area (Å²) in [5.41, 5.74) is 2.73. The van der Waals surface area contributed by atoms with Crippen LogP contribution < -0.4 is 5.32 Å². The summed E-state index contributed by atoms with van der Waals surface area (Å²) in [5.74, 6) is -3.38. The van der Waals surface area contributed by atoms with Crippen LogP contribution in [0.1, 0.15) is 25.0 Å². The molecule has 0 unspecified atom stereocenters. The average molecular weight is 373 g/mol. The van der Waals surface area contributed by atoms with Crippen molar-refractivity contribution < 1.29 is 28.6 Å². The molecule has 0 aromatic heterocycles. The third kappa shape index (κ3) is 4.36. The number of benzene rings is 1. The monoisotopic (exact) mass is 373 g/mol. The molecule has 1 aromatic carbocycles. The lowest BCUT2D eigenvalue weighted by molar-refractivity contribution is -0.152. The minimum absolute atomic E-state index is 0.0193. The molecule has 2 rings (SSSR count). The van der Waals surface area contributed by atoms with E-state index in [2.05, 4.69) is 5.32 Å². The van der Waals surface area contributed by atoms with Crippen molar-refractivity contribution in [1.82, 2.24) is 5.32 Å². The summed E-state index contributed by atoms with van der Waals surface area (Å²) in [5, 5.41) is 2.93. The Morgan fingerprint density at radius 3 is 2.00 bits per heavy atom. The van der Waals surface area contributed by atoms with Crippen LogP contribution in [0.2, 0.25) is 0 Å². The molecule has 0 bridgehead atoms. The van der Waals surface area contributed by atoms with Crippen LogP contribution in [-0.4, -0.2) is 32.1 Å². The molecule has 7 heteroatoms. The van der Waals surface area contributed by atoms with E-state index in [4.69, 9.17) is 14.2 Å². The lowest BCUT2D eigenvalue weighted by atomic mass is 9.85. The van der Waals surface area contributed by atoms with Crippen molar-refractivity contribution in [1.29, 1.82) is 0 Å². The quantitative estimate of drug-likeness (QED) is 0.625. The van der Waals surface area contributed by atoms with Crippen LogP contribution >= 0.6 is 0 Å². The van der Waals surface area contributed by atoms with Gasteiger partial charge in [-0.3, -0.25) is 4.79 Å². The summed E-state index contributed by atoms with van der Waals surface area (Å²) >= 11 is 0. The first-order valence-corrected chi connectivity index (χ1v) is 8.37. The van der Waals surface area contributed by atoms with Gasteiger partial charge in [0.2, 0.25) is 0 Å². The first-order valence-electron chi connectivity index (χ1n) is 8.37. The van der Waals surface area contributed by atoms with Gasteiger partial charge in [-0.2, -0.15) is 0 Å². The Morgan fingerprint density at radius 2 is 1.52 bits per heavy atom. The highest BCUT2D eigenvalue weighted by atomic mass is 16.5. The van der Waals surface area contributed by atoms with Gasteiger partial charge >= 0.3 is 17.9 Å². The Labute approximate surface area is 158 Å². The number of carbonyl (C=O) groups excluding carboxylic acids is 3. The van der Waals surface area contributed by atoms with Gasteiger partial charge in [-0.25, -0.2) is 9.59 Å². The molecule has 144 valence electrons. The van der Waals surface area contributed by atoms with Crippen LogP contribution in [0, 0.1) is 12.8 Å². The van der Waals surface area contributed by atoms with Gasteiger partial charge in [-0.05, 0) is 26.3 Å². The highest BCUT2D eigenvalue weighted by molar-refractivity contribution is 6.05. The summed E-state index contributed by atoms with van der Waals surface area (Å²) in [6.45, 7) is 5.21. The molecule has 27 heavy (non-hydrogen) atoms. The van der Waals surface area contributed by atoms with E-state index in [0.717, 1.165) is 11.1 Å². The topological polar surface area (TPSA) is 90.9 Å². The summed E-state index contributed by atoms with van der Waals surface area (Å²) < 4.78 is 15.0. The van der Waals surface area contributed by atoms with Crippen molar-refractivity contribution in [2.24, 2.45) is 5.92 Å². The number of hydrogen-bond acceptors (Lipinski definition) is 7. The van der Waals surface area contributed by atoms with Gasteiger partial charge in [0.15, 0.2) is 0 Å². The van der Waals surface area contributed by atoms with Gasteiger partial charge in [0.05, 0.1) is 25.4 Å². The predicted octanol–water partition coefficient (Wildman–Crippen LogP) is 2.15. The van der Waals surface area contributed by atoms with Gasteiger partial charge in [0.1, 0.15) is 12.5 Å². The summed E-state index contributed by atoms with van der Waals surface area (Å²) in [6, 6.07) is 7.51. The van der Waals surface area contributed by atoms with Gasteiger partial charge in [-0.15, -0.1) is 0 Å². The number of allylic oxidation sites excluding steroid dienone is 2. The number of esters is 3. The standard InChI is InChI=1S/C20H23NO6/c1-11-7-6-8-14(9-11)10-27-20(24)17-15(18(22)25-4)12(2)21-13(3)16(17)19(23)26-5/h6-9,17,21H,10H2,1-5H3. The zero-order valence-electron chi connectivity index (χ0n) is 16.0. The van der Waals surface area contributed by atoms with E-state index in [1.54, 1.807) is 13.8 Å². The lowest BCUT2D eigenvalue weighted by Crippen LogP contribution is -2.37. The minimum atomic E-state index is -1.23. The molecule has 0 atom stereocenters. The Morgan fingerprint density at radius 1 is 0.963 bits per heavy atom. The van der Waals surface area contributed by atoms with Gasteiger partial charge in [-0.1, -0.05) is 29.8 Å². The summed E-state index contributed by atoms with van der Waals surface area (Å²) in [4.78, 5) is 37.4. The van der Waals surface area contributed by atoms with Crippen LogP contribution in [-0.2, 0) is 35.2 Å². The maximum absolute atomic E-state index is 12.9. The van der Waals surface area contributed by atoms with Gasteiger partial charge in [0.25, 0.3) is 0 Å². The number of dihydropyridines is 1. The van der Waals surface area contributed by atoms with E-state index >= 15 is 0 Å². The first-order chi connectivity index (χ1) is 12.8. The van der Waals surface area contributed by atoms with E-state index in [1.807, 2.05) is 31.2 Å². The van der Waals surface area contributed by atoms with E-state index < -0.39 is 23.8 Å². The number of rotatable bonds is 5. The smallest absolute Gasteiger partial charge is 0.336 e. The molecule has 0 amide bonds. The summed E-state index contributed by atoms with van der Waals surface area (Å²) in [7, 11) is 2.42. The molecule has 0 aliphatic carbocycles. The molecule has 1 N–H and O–H groups in total. The normalized spacial score (nSPS) is 14.6. The fourth-order valence-electron chi connectivity index (χ4n) is 3.03. The van der Waals surface area contributed by atoms with Crippen LogP contribution in [0.4, 0.5) is 0 Å². The average Bonchev–Trinajstić information content (AvgIpc) is 2.64. The SMILES string of the molecule is COC(=O)C1=C(C)NC(C)=C(C(=O)OC)C1C(=O)OCc1cccc(C)c1. The molecular weight excluding hydrogens is 350 g/mol. The molecule has 1 aliphatic rings. The van der Waals surface area contributed by atoms with E-state index in [9.17, 15) is 14.4 Å². The summed E-state index contributed by atoms with van der Waals surface area (Å²) in [6.07, 6.45) is 0. The van der Waals surface area contributed by atoms with Gasteiger partial charge < -0.3 is 19.5 Å². The molecule has 1 heterocycles. The maximum Gasteiger partial charge on any atom is 0.336 e. The molecule has 7 nitrogen and oxygen atoms in total. The Kier molecular flexibility index (Phi) is 6.39. The van der Waals surface area contributed by atoms with E-state index in [1.165, 1.54) is 14.2 Å². The molecular formula is C20H23NO6. The van der Waals surface area contributed by atoms with E-state index in [0.29, 0.717) is 11.4 Å². The third-order valence-electron chi connectivity index (χ3n) is 4.27. The van der Waals surface area contributed by atoms with Crippen LogP contribution in [0.15, 0.2) is 46.8 Å². The molecule has 1 aromatic rings. The Hall–Kier alpha value is -3.09. The fourth-order valence-corrected chi connectivity index (χ4v) is 3.03. The van der Waals surface area contributed by atoms with Gasteiger partial charge in [0, 0.05) is 11.4 Å². The zero-order valence-corrected chi connectivity index (χ0v) is 16.0. The van der Waals surface area contributed by atoms with Crippen LogP contribution in [0.5, 0.6) is 0 Å². The number of carbonyl (C=O) groups is 3. The van der Waals surface area contributed by atoms with Crippen molar-refractivity contribution in [2.45, 2.75) is 27.4 Å². The molecule has 0 spiro atoms. The van der Waals surface area contributed by atoms with Crippen LogP contribution in [0.3, 0.4) is 0 Å². The van der Waals surface area contributed by atoms with Crippen molar-refractivity contribution in [3.05, 3.63) is 57.9 Å². The second kappa shape index (κ2) is 8.53. The van der Waals surface area contributed by atoms with Crippen molar-refractivity contribution >= 4 is 17.9 Å². The highest BCUT2D eigenvalue weighted by Crippen LogP contribution is 2.32. The molecule has 0 saturated carbocycles. The Balaban J connectivity index is 2.37. The molecule has 0 radical (unpaired) electrons. The third-order valence-corrected chi connectivity index (χ3v) is 4.27. The maximum atomic E-state index is 12.9. The molecule has 1 aliphatic heterocycles. The highest BCUT2D eigenvalue weighted by Gasteiger charge is 2.42. The fraction of sp³-hybridized carbons (Fsp3) is 0.350. The second-order valence-electron chi connectivity index (χ2n) is 6.22. The zero-order chi connectivity index (χ0) is 20.1. The van der Waals surface area contributed by atoms with Crippen LogP contribution in [0.25, 0.3) is 0 Å². The lowest BCUT2D eigenvalue weighted by Gasteiger charge is -2.28. The predicted molar refractivity (Wildman–Crippen MR) is 97.0 cm³/mol. The van der Waals surface area contributed by atoms with E-state index in [-0.39, 0.29) is 17.8 Å². The number of aryl methyl sites for hydroxylation is 1. The van der Waals surface area contributed by atoms with Crippen molar-refractivity contribution in [2.75, 3.05) is 14.2 Å². The first kappa shape index (κ1) is 20.2. The number of hydrogen-bond donors (Lipinski definition) is 1. The second-order valence-corrected chi connectivity index (χ2v) is 6.22. The molecule has 0 saturated heterocycles. The van der Waals surface area contributed by atoms with Crippen molar-refractivity contribution in [3.8, 4) is 0 Å². The molecule has 0 fully saturated rings. The Bertz CT molecular complexity index is 799.